The fourth-order valence-electron chi connectivity index (χ4n) is 3.50. The number of nitrogens with zero attached hydrogens (tertiary/aromatic N) is 3. The molecule has 1 amide bonds. The van der Waals surface area contributed by atoms with Gasteiger partial charge in [-0.05, 0) is 32.4 Å². The van der Waals surface area contributed by atoms with E-state index in [0.717, 1.165) is 11.4 Å². The molecule has 148 valence electrons. The molecule has 1 aliphatic rings. The highest BCUT2D eigenvalue weighted by atomic mass is 32.2. The first-order valence-electron chi connectivity index (χ1n) is 9.10. The Bertz CT molecular complexity index is 1010. The summed E-state index contributed by atoms with van der Waals surface area (Å²) in [7, 11) is -3.05. The molecular weight excluding hydrogens is 376 g/mol. The monoisotopic (exact) mass is 400 g/mol. The normalized spacial score (nSPS) is 18.1. The lowest BCUT2D eigenvalue weighted by Gasteiger charge is -2.25. The van der Waals surface area contributed by atoms with Crippen LogP contribution in [0.2, 0.25) is 0 Å². The maximum atomic E-state index is 12.7. The minimum absolute atomic E-state index is 0.0415. The molecule has 1 aromatic carbocycles. The Morgan fingerprint density at radius 2 is 2.07 bits per heavy atom. The molecule has 1 saturated heterocycles. The van der Waals surface area contributed by atoms with Gasteiger partial charge >= 0.3 is 0 Å². The molecule has 1 unspecified atom stereocenters. The lowest BCUT2D eigenvalue weighted by atomic mass is 10.2. The van der Waals surface area contributed by atoms with Crippen molar-refractivity contribution in [2.75, 3.05) is 29.9 Å². The second-order valence-corrected chi connectivity index (χ2v) is 9.24. The molecular formula is C20H24N4O3S. The van der Waals surface area contributed by atoms with Crippen molar-refractivity contribution in [1.29, 1.82) is 0 Å². The minimum Gasteiger partial charge on any atom is -0.322 e. The van der Waals surface area contributed by atoms with Crippen LogP contribution >= 0.6 is 0 Å². The Morgan fingerprint density at radius 3 is 2.68 bits per heavy atom. The molecule has 28 heavy (non-hydrogen) atoms. The summed E-state index contributed by atoms with van der Waals surface area (Å²) in [4.78, 5) is 14.4. The van der Waals surface area contributed by atoms with Crippen molar-refractivity contribution < 1.29 is 13.2 Å². The van der Waals surface area contributed by atoms with Gasteiger partial charge in [-0.15, -0.1) is 6.42 Å². The fourth-order valence-corrected chi connectivity index (χ4v) is 5.26. The van der Waals surface area contributed by atoms with Crippen molar-refractivity contribution in [3.63, 3.8) is 0 Å². The van der Waals surface area contributed by atoms with Gasteiger partial charge in [0.05, 0.1) is 47.4 Å². The highest BCUT2D eigenvalue weighted by molar-refractivity contribution is 7.91. The first-order valence-corrected chi connectivity index (χ1v) is 10.9. The third kappa shape index (κ3) is 4.43. The zero-order valence-corrected chi connectivity index (χ0v) is 16.9. The van der Waals surface area contributed by atoms with E-state index in [1.807, 2.05) is 44.2 Å². The predicted molar refractivity (Wildman–Crippen MR) is 109 cm³/mol. The standard InChI is InChI=1S/C20H24N4O3S/c1-4-11-23(18-10-12-28(26,27)14-18)13-19(25)21-20-15(2)22-24(16(20)3)17-8-6-5-7-9-17/h1,5-9,18H,10-14H2,2-3H3,(H,21,25). The maximum Gasteiger partial charge on any atom is 0.238 e. The van der Waals surface area contributed by atoms with Crippen molar-refractivity contribution >= 4 is 21.4 Å². The van der Waals surface area contributed by atoms with E-state index in [9.17, 15) is 13.2 Å². The number of benzene rings is 1. The summed E-state index contributed by atoms with van der Waals surface area (Å²) in [5.74, 6) is 2.48. The summed E-state index contributed by atoms with van der Waals surface area (Å²) < 4.78 is 25.3. The summed E-state index contributed by atoms with van der Waals surface area (Å²) in [5, 5.41) is 7.44. The van der Waals surface area contributed by atoms with E-state index in [1.54, 1.807) is 9.58 Å². The summed E-state index contributed by atoms with van der Waals surface area (Å²) in [6, 6.07) is 9.46. The molecule has 7 nitrogen and oxygen atoms in total. The number of sulfone groups is 1. The van der Waals surface area contributed by atoms with Crippen LogP contribution < -0.4 is 5.32 Å². The van der Waals surface area contributed by atoms with Crippen molar-refractivity contribution in [3.05, 3.63) is 41.7 Å². The van der Waals surface area contributed by atoms with Gasteiger partial charge in [0.1, 0.15) is 0 Å². The SMILES string of the molecule is C#CCN(CC(=O)Nc1c(C)nn(-c2ccccc2)c1C)C1CCS(=O)(=O)C1. The number of anilines is 1. The summed E-state index contributed by atoms with van der Waals surface area (Å²) >= 11 is 0. The Hall–Kier alpha value is -2.63. The number of aryl methyl sites for hydroxylation is 1. The van der Waals surface area contributed by atoms with Gasteiger partial charge in [0, 0.05) is 6.04 Å². The van der Waals surface area contributed by atoms with E-state index in [0.29, 0.717) is 17.8 Å². The topological polar surface area (TPSA) is 84.3 Å². The molecule has 0 aliphatic carbocycles. The summed E-state index contributed by atoms with van der Waals surface area (Å²) in [6.45, 7) is 4.00. The third-order valence-corrected chi connectivity index (χ3v) is 6.67. The van der Waals surface area contributed by atoms with Crippen LogP contribution in [0.25, 0.3) is 5.69 Å². The number of hydrogen-bond donors (Lipinski definition) is 1. The largest absolute Gasteiger partial charge is 0.322 e. The van der Waals surface area contributed by atoms with Crippen molar-refractivity contribution in [1.82, 2.24) is 14.7 Å². The van der Waals surface area contributed by atoms with E-state index in [4.69, 9.17) is 6.42 Å². The van der Waals surface area contributed by atoms with Gasteiger partial charge in [0.15, 0.2) is 9.84 Å². The number of nitrogens with one attached hydrogen (secondary N) is 1. The first kappa shape index (κ1) is 20.1. The molecule has 1 aromatic heterocycles. The first-order chi connectivity index (χ1) is 13.3. The van der Waals surface area contributed by atoms with E-state index < -0.39 is 9.84 Å². The van der Waals surface area contributed by atoms with Crippen molar-refractivity contribution in [3.8, 4) is 18.0 Å². The van der Waals surface area contributed by atoms with Crippen LogP contribution in [0.3, 0.4) is 0 Å². The molecule has 8 heteroatoms. The second-order valence-electron chi connectivity index (χ2n) is 7.01. The summed E-state index contributed by atoms with van der Waals surface area (Å²) in [5.41, 5.74) is 3.10. The molecule has 0 bridgehead atoms. The maximum absolute atomic E-state index is 12.7. The molecule has 3 rings (SSSR count). The number of amides is 1. The molecule has 0 radical (unpaired) electrons. The molecule has 1 N–H and O–H groups in total. The molecule has 1 atom stereocenters. The van der Waals surface area contributed by atoms with Crippen molar-refractivity contribution in [2.24, 2.45) is 0 Å². The molecule has 1 fully saturated rings. The van der Waals surface area contributed by atoms with Gasteiger partial charge < -0.3 is 5.32 Å². The van der Waals surface area contributed by atoms with Crippen LogP contribution in [-0.4, -0.2) is 59.6 Å². The van der Waals surface area contributed by atoms with Gasteiger partial charge in [-0.2, -0.15) is 5.10 Å². The lowest BCUT2D eigenvalue weighted by Crippen LogP contribution is -2.42. The molecule has 0 saturated carbocycles. The quantitative estimate of drug-likeness (QED) is 0.744. The Kier molecular flexibility index (Phi) is 5.87. The van der Waals surface area contributed by atoms with Crippen LogP contribution in [0.1, 0.15) is 17.8 Å². The minimum atomic E-state index is -3.05. The van der Waals surface area contributed by atoms with Crippen LogP contribution in [0.15, 0.2) is 30.3 Å². The van der Waals surface area contributed by atoms with Gasteiger partial charge in [-0.3, -0.25) is 9.69 Å². The number of hydrogen-bond acceptors (Lipinski definition) is 5. The zero-order valence-electron chi connectivity index (χ0n) is 16.1. The highest BCUT2D eigenvalue weighted by Gasteiger charge is 2.33. The van der Waals surface area contributed by atoms with Crippen LogP contribution in [0, 0.1) is 26.2 Å². The highest BCUT2D eigenvalue weighted by Crippen LogP contribution is 2.23. The van der Waals surface area contributed by atoms with E-state index in [2.05, 4.69) is 16.3 Å². The summed E-state index contributed by atoms with van der Waals surface area (Å²) in [6.07, 6.45) is 5.92. The lowest BCUT2D eigenvalue weighted by molar-refractivity contribution is -0.117. The zero-order chi connectivity index (χ0) is 20.3. The molecule has 2 aromatic rings. The third-order valence-electron chi connectivity index (χ3n) is 4.92. The smallest absolute Gasteiger partial charge is 0.238 e. The van der Waals surface area contributed by atoms with E-state index >= 15 is 0 Å². The number of terminal acetylenes is 1. The average Bonchev–Trinajstić information content (AvgIpc) is 3.16. The number of rotatable bonds is 6. The Balaban J connectivity index is 1.74. The number of carbonyl (C=O) groups excluding carboxylic acids is 1. The number of carbonyl (C=O) groups is 1. The fraction of sp³-hybridized carbons (Fsp3) is 0.400. The van der Waals surface area contributed by atoms with Crippen LogP contribution in [0.5, 0.6) is 0 Å². The van der Waals surface area contributed by atoms with Gasteiger partial charge in [0.25, 0.3) is 0 Å². The van der Waals surface area contributed by atoms with Crippen LogP contribution in [0.4, 0.5) is 5.69 Å². The van der Waals surface area contributed by atoms with Crippen molar-refractivity contribution in [2.45, 2.75) is 26.3 Å². The number of para-hydroxylation sites is 1. The molecule has 0 spiro atoms. The van der Waals surface area contributed by atoms with Crippen LogP contribution in [-0.2, 0) is 14.6 Å². The Morgan fingerprint density at radius 1 is 1.36 bits per heavy atom. The van der Waals surface area contributed by atoms with Gasteiger partial charge in [-0.1, -0.05) is 24.1 Å². The van der Waals surface area contributed by atoms with Gasteiger partial charge in [-0.25, -0.2) is 13.1 Å². The van der Waals surface area contributed by atoms with E-state index in [-0.39, 0.29) is 36.5 Å². The average molecular weight is 401 g/mol. The predicted octanol–water partition coefficient (Wildman–Crippen LogP) is 1.55. The van der Waals surface area contributed by atoms with E-state index in [1.165, 1.54) is 0 Å². The number of aromatic nitrogens is 2. The molecule has 2 heterocycles. The second kappa shape index (κ2) is 8.17. The van der Waals surface area contributed by atoms with Gasteiger partial charge in [0.2, 0.25) is 5.91 Å². The Labute approximate surface area is 165 Å². The molecule has 1 aliphatic heterocycles.